The van der Waals surface area contributed by atoms with Crippen molar-refractivity contribution in [1.29, 1.82) is 0 Å². The van der Waals surface area contributed by atoms with Crippen molar-refractivity contribution in [2.75, 3.05) is 6.61 Å². The minimum atomic E-state index is -0.517. The summed E-state index contributed by atoms with van der Waals surface area (Å²) in [7, 11) is 0. The van der Waals surface area contributed by atoms with Gasteiger partial charge in [-0.2, -0.15) is 0 Å². The highest BCUT2D eigenvalue weighted by molar-refractivity contribution is 5.88. The lowest BCUT2D eigenvalue weighted by Gasteiger charge is -2.62. The monoisotopic (exact) mass is 346 g/mol. The molecule has 0 radical (unpaired) electrons. The Hall–Kier alpha value is -1.32. The molecule has 25 heavy (non-hydrogen) atoms. The van der Waals surface area contributed by atoms with E-state index >= 15 is 0 Å². The van der Waals surface area contributed by atoms with Crippen LogP contribution in [-0.4, -0.2) is 24.1 Å². The second kappa shape index (κ2) is 6.44. The molecule has 4 nitrogen and oxygen atoms in total. The van der Waals surface area contributed by atoms with Gasteiger partial charge in [0.15, 0.2) is 6.61 Å². The predicted octanol–water partition coefficient (Wildman–Crippen LogP) is 4.03. The summed E-state index contributed by atoms with van der Waals surface area (Å²) < 4.78 is 11.3. The number of carbonyl (C=O) groups is 2. The molecule has 0 atom stereocenters. The Labute approximate surface area is 150 Å². The number of hydrogen-bond acceptors (Lipinski definition) is 4. The van der Waals surface area contributed by atoms with Crippen LogP contribution in [0.5, 0.6) is 0 Å². The molecule has 0 aromatic rings. The average Bonchev–Trinajstić information content (AvgIpc) is 3.10. The Morgan fingerprint density at radius 1 is 0.960 bits per heavy atom. The lowest BCUT2D eigenvalue weighted by Crippen LogP contribution is -2.63. The fourth-order valence-electron chi connectivity index (χ4n) is 6.69. The van der Waals surface area contributed by atoms with E-state index in [0.717, 1.165) is 11.8 Å². The molecule has 0 unspecified atom stereocenters. The van der Waals surface area contributed by atoms with Gasteiger partial charge < -0.3 is 9.47 Å². The molecule has 0 aromatic heterocycles. The summed E-state index contributed by atoms with van der Waals surface area (Å²) in [5.74, 6) is 2.35. The summed E-state index contributed by atoms with van der Waals surface area (Å²) in [6.45, 7) is 4.86. The van der Waals surface area contributed by atoms with Crippen LogP contribution in [0.1, 0.15) is 64.7 Å². The quantitative estimate of drug-likeness (QED) is 0.557. The van der Waals surface area contributed by atoms with Gasteiger partial charge in [0.05, 0.1) is 0 Å². The van der Waals surface area contributed by atoms with E-state index in [1.807, 2.05) is 0 Å². The summed E-state index contributed by atoms with van der Waals surface area (Å²) in [5, 5.41) is 0. The van der Waals surface area contributed by atoms with E-state index in [0.29, 0.717) is 23.3 Å². The van der Waals surface area contributed by atoms with Crippen molar-refractivity contribution < 1.29 is 19.1 Å². The predicted molar refractivity (Wildman–Crippen MR) is 93.6 cm³/mol. The van der Waals surface area contributed by atoms with Crippen molar-refractivity contribution in [3.8, 4) is 0 Å². The molecule has 0 spiro atoms. The summed E-state index contributed by atoms with van der Waals surface area (Å²) in [5.41, 5.74) is 0.0318. The molecule has 4 bridgehead atoms. The maximum Gasteiger partial charge on any atom is 0.344 e. The summed E-state index contributed by atoms with van der Waals surface area (Å²) in [6.07, 6.45) is 11.2. The SMILES string of the molecule is C=C(C)C(=O)OCC(=O)OC1(C2CCCC2)C2CC3CC(C2)CC1C3. The standard InChI is InChI=1S/C21H30O4/c1-13(2)20(23)24-12-19(22)25-21(16-5-3-4-6-16)17-8-14-7-15(10-17)11-18(21)9-14/h14-18H,1,3-12H2,2H3. The molecule has 5 saturated carbocycles. The molecular formula is C21H30O4. The van der Waals surface area contributed by atoms with Gasteiger partial charge in [0, 0.05) is 5.57 Å². The van der Waals surface area contributed by atoms with E-state index in [1.165, 1.54) is 57.8 Å². The van der Waals surface area contributed by atoms with Gasteiger partial charge >= 0.3 is 11.9 Å². The van der Waals surface area contributed by atoms with Crippen LogP contribution in [0.4, 0.5) is 0 Å². The highest BCUT2D eigenvalue weighted by atomic mass is 16.6. The zero-order valence-electron chi connectivity index (χ0n) is 15.3. The van der Waals surface area contributed by atoms with Crippen LogP contribution in [0.25, 0.3) is 0 Å². The molecule has 0 amide bonds. The molecule has 5 fully saturated rings. The second-order valence-corrected chi connectivity index (χ2v) is 8.97. The minimum Gasteiger partial charge on any atom is -0.456 e. The van der Waals surface area contributed by atoms with Crippen molar-refractivity contribution in [3.05, 3.63) is 12.2 Å². The van der Waals surface area contributed by atoms with Gasteiger partial charge in [0.1, 0.15) is 5.60 Å². The van der Waals surface area contributed by atoms with Crippen molar-refractivity contribution >= 4 is 11.9 Å². The Morgan fingerprint density at radius 2 is 1.52 bits per heavy atom. The fourth-order valence-corrected chi connectivity index (χ4v) is 6.69. The second-order valence-electron chi connectivity index (χ2n) is 8.97. The van der Waals surface area contributed by atoms with Gasteiger partial charge in [-0.25, -0.2) is 9.59 Å². The molecule has 138 valence electrons. The zero-order valence-corrected chi connectivity index (χ0v) is 15.3. The van der Waals surface area contributed by atoms with Crippen LogP contribution in [-0.2, 0) is 19.1 Å². The third-order valence-electron chi connectivity index (χ3n) is 7.37. The molecule has 0 aromatic carbocycles. The van der Waals surface area contributed by atoms with Crippen LogP contribution in [0, 0.1) is 29.6 Å². The van der Waals surface area contributed by atoms with Crippen LogP contribution < -0.4 is 0 Å². The summed E-state index contributed by atoms with van der Waals surface area (Å²) in [6, 6.07) is 0. The zero-order chi connectivity index (χ0) is 17.6. The van der Waals surface area contributed by atoms with Crippen LogP contribution in [0.2, 0.25) is 0 Å². The van der Waals surface area contributed by atoms with Crippen LogP contribution in [0.15, 0.2) is 12.2 Å². The topological polar surface area (TPSA) is 52.6 Å². The number of carbonyl (C=O) groups excluding carboxylic acids is 2. The molecule has 0 saturated heterocycles. The third-order valence-corrected chi connectivity index (χ3v) is 7.37. The first kappa shape index (κ1) is 17.1. The molecule has 0 heterocycles. The highest BCUT2D eigenvalue weighted by Crippen LogP contribution is 2.63. The first-order valence-electron chi connectivity index (χ1n) is 10.0. The normalized spacial score (nSPS) is 39.4. The van der Waals surface area contributed by atoms with Crippen molar-refractivity contribution in [2.45, 2.75) is 70.3 Å². The van der Waals surface area contributed by atoms with Crippen LogP contribution in [0.3, 0.4) is 0 Å². The fraction of sp³-hybridized carbons (Fsp3) is 0.810. The summed E-state index contributed by atoms with van der Waals surface area (Å²) >= 11 is 0. The van der Waals surface area contributed by atoms with Crippen molar-refractivity contribution in [1.82, 2.24) is 0 Å². The van der Waals surface area contributed by atoms with Gasteiger partial charge in [-0.15, -0.1) is 0 Å². The number of ether oxygens (including phenoxy) is 2. The number of rotatable bonds is 5. The van der Waals surface area contributed by atoms with E-state index in [2.05, 4.69) is 6.58 Å². The molecule has 0 N–H and O–H groups in total. The van der Waals surface area contributed by atoms with Gasteiger partial charge in [0.25, 0.3) is 0 Å². The van der Waals surface area contributed by atoms with Gasteiger partial charge in [-0.05, 0) is 81.5 Å². The third kappa shape index (κ3) is 2.92. The van der Waals surface area contributed by atoms with Crippen molar-refractivity contribution in [2.24, 2.45) is 29.6 Å². The van der Waals surface area contributed by atoms with Gasteiger partial charge in [0.2, 0.25) is 0 Å². The van der Waals surface area contributed by atoms with Crippen molar-refractivity contribution in [3.63, 3.8) is 0 Å². The van der Waals surface area contributed by atoms with E-state index in [9.17, 15) is 9.59 Å². The van der Waals surface area contributed by atoms with Gasteiger partial charge in [-0.3, -0.25) is 0 Å². The highest BCUT2D eigenvalue weighted by Gasteiger charge is 2.62. The first-order valence-corrected chi connectivity index (χ1v) is 10.0. The van der Waals surface area contributed by atoms with E-state index in [4.69, 9.17) is 9.47 Å². The Balaban J connectivity index is 1.52. The van der Waals surface area contributed by atoms with Crippen LogP contribution >= 0.6 is 0 Å². The lowest BCUT2D eigenvalue weighted by molar-refractivity contribution is -0.230. The Bertz CT molecular complexity index is 544. The molecular weight excluding hydrogens is 316 g/mol. The van der Waals surface area contributed by atoms with E-state index in [-0.39, 0.29) is 18.2 Å². The smallest absolute Gasteiger partial charge is 0.344 e. The first-order chi connectivity index (χ1) is 12.0. The largest absolute Gasteiger partial charge is 0.456 e. The van der Waals surface area contributed by atoms with E-state index in [1.54, 1.807) is 6.92 Å². The molecule has 4 heteroatoms. The number of hydrogen-bond donors (Lipinski definition) is 0. The van der Waals surface area contributed by atoms with E-state index < -0.39 is 5.97 Å². The Kier molecular flexibility index (Phi) is 4.41. The lowest BCUT2D eigenvalue weighted by atomic mass is 9.47. The van der Waals surface area contributed by atoms with Gasteiger partial charge in [-0.1, -0.05) is 19.4 Å². The number of esters is 2. The summed E-state index contributed by atoms with van der Waals surface area (Å²) in [4.78, 5) is 24.2. The molecule has 5 aliphatic carbocycles. The average molecular weight is 346 g/mol. The minimum absolute atomic E-state index is 0.281. The molecule has 5 rings (SSSR count). The maximum atomic E-state index is 12.6. The Morgan fingerprint density at radius 3 is 2.04 bits per heavy atom. The molecule has 0 aliphatic heterocycles. The maximum absolute atomic E-state index is 12.6. The molecule has 5 aliphatic rings.